The Kier molecular flexibility index (Phi) is 4.07. The zero-order valence-electron chi connectivity index (χ0n) is 12.7. The number of thiophene rings is 1. The van der Waals surface area contributed by atoms with Crippen molar-refractivity contribution >= 4 is 39.9 Å². The van der Waals surface area contributed by atoms with Crippen molar-refractivity contribution < 1.29 is 9.59 Å². The number of aromatic amines is 1. The number of aromatic nitrogens is 3. The van der Waals surface area contributed by atoms with Crippen LogP contribution in [0.25, 0.3) is 11.0 Å². The number of amides is 2. The van der Waals surface area contributed by atoms with Crippen LogP contribution < -0.4 is 5.32 Å². The summed E-state index contributed by atoms with van der Waals surface area (Å²) in [7, 11) is 1.60. The molecule has 2 amide bonds. The SMILES string of the molecule is Cc1[nH]nc2ncc(NC(=O)CN(C)C(=O)c3cccs3)cc12. The van der Waals surface area contributed by atoms with E-state index in [0.717, 1.165) is 11.1 Å². The fourth-order valence-corrected chi connectivity index (χ4v) is 2.88. The molecule has 118 valence electrons. The van der Waals surface area contributed by atoms with Crippen molar-refractivity contribution in [3.05, 3.63) is 40.3 Å². The van der Waals surface area contributed by atoms with Crippen LogP contribution in [0.2, 0.25) is 0 Å². The fourth-order valence-electron chi connectivity index (χ4n) is 2.16. The third-order valence-electron chi connectivity index (χ3n) is 3.34. The summed E-state index contributed by atoms with van der Waals surface area (Å²) in [5.41, 5.74) is 2.06. The van der Waals surface area contributed by atoms with E-state index in [9.17, 15) is 9.59 Å². The van der Waals surface area contributed by atoms with Crippen LogP contribution in [0.1, 0.15) is 15.4 Å². The predicted octanol–water partition coefficient (Wildman–Crippen LogP) is 2.04. The first-order valence-electron chi connectivity index (χ1n) is 6.94. The summed E-state index contributed by atoms with van der Waals surface area (Å²) in [6.07, 6.45) is 1.54. The molecule has 0 fully saturated rings. The van der Waals surface area contributed by atoms with Gasteiger partial charge in [0.2, 0.25) is 5.91 Å². The van der Waals surface area contributed by atoms with Crippen LogP contribution in [0, 0.1) is 6.92 Å². The van der Waals surface area contributed by atoms with Gasteiger partial charge in [0.15, 0.2) is 5.65 Å². The Morgan fingerprint density at radius 2 is 2.26 bits per heavy atom. The fraction of sp³-hybridized carbons (Fsp3) is 0.200. The predicted molar refractivity (Wildman–Crippen MR) is 88.5 cm³/mol. The van der Waals surface area contributed by atoms with Crippen LogP contribution in [-0.4, -0.2) is 45.5 Å². The zero-order valence-corrected chi connectivity index (χ0v) is 13.5. The number of aryl methyl sites for hydroxylation is 1. The zero-order chi connectivity index (χ0) is 16.4. The Hall–Kier alpha value is -2.74. The first-order chi connectivity index (χ1) is 11.0. The van der Waals surface area contributed by atoms with Crippen LogP contribution in [0.4, 0.5) is 5.69 Å². The molecule has 0 unspecified atom stereocenters. The van der Waals surface area contributed by atoms with E-state index in [0.29, 0.717) is 16.2 Å². The van der Waals surface area contributed by atoms with Gasteiger partial charge >= 0.3 is 0 Å². The topological polar surface area (TPSA) is 91.0 Å². The van der Waals surface area contributed by atoms with E-state index in [4.69, 9.17) is 0 Å². The largest absolute Gasteiger partial charge is 0.332 e. The molecule has 0 saturated heterocycles. The lowest BCUT2D eigenvalue weighted by Crippen LogP contribution is -2.34. The van der Waals surface area contributed by atoms with Crippen LogP contribution in [0.15, 0.2) is 29.8 Å². The summed E-state index contributed by atoms with van der Waals surface area (Å²) in [5.74, 6) is -0.450. The third kappa shape index (κ3) is 3.21. The minimum Gasteiger partial charge on any atom is -0.332 e. The number of likely N-dealkylation sites (N-methyl/N-ethyl adjacent to an activating group) is 1. The van der Waals surface area contributed by atoms with Gasteiger partial charge in [-0.1, -0.05) is 6.07 Å². The van der Waals surface area contributed by atoms with Crippen molar-refractivity contribution in [1.82, 2.24) is 20.1 Å². The first-order valence-corrected chi connectivity index (χ1v) is 7.82. The second kappa shape index (κ2) is 6.17. The molecule has 0 aliphatic carbocycles. The van der Waals surface area contributed by atoms with Crippen molar-refractivity contribution in [2.24, 2.45) is 0 Å². The molecule has 3 rings (SSSR count). The van der Waals surface area contributed by atoms with Gasteiger partial charge in [-0.2, -0.15) is 5.10 Å². The van der Waals surface area contributed by atoms with Gasteiger partial charge < -0.3 is 10.2 Å². The molecule has 0 saturated carbocycles. The number of anilines is 1. The van der Waals surface area contributed by atoms with Crippen LogP contribution in [-0.2, 0) is 4.79 Å². The number of pyridine rings is 1. The van der Waals surface area contributed by atoms with E-state index in [2.05, 4.69) is 20.5 Å². The van der Waals surface area contributed by atoms with Crippen molar-refractivity contribution in [3.8, 4) is 0 Å². The molecule has 2 N–H and O–H groups in total. The van der Waals surface area contributed by atoms with Crippen LogP contribution >= 0.6 is 11.3 Å². The second-order valence-electron chi connectivity index (χ2n) is 5.13. The smallest absolute Gasteiger partial charge is 0.264 e. The molecule has 3 heterocycles. The monoisotopic (exact) mass is 329 g/mol. The Balaban J connectivity index is 1.66. The molecule has 8 heteroatoms. The summed E-state index contributed by atoms with van der Waals surface area (Å²) in [4.78, 5) is 30.4. The highest BCUT2D eigenvalue weighted by Crippen LogP contribution is 2.17. The summed E-state index contributed by atoms with van der Waals surface area (Å²) in [6, 6.07) is 5.35. The minimum absolute atomic E-state index is 0.0286. The molecule has 7 nitrogen and oxygen atoms in total. The maximum absolute atomic E-state index is 12.1. The van der Waals surface area contributed by atoms with E-state index in [1.165, 1.54) is 16.2 Å². The molecule has 23 heavy (non-hydrogen) atoms. The van der Waals surface area contributed by atoms with Gasteiger partial charge in [-0.05, 0) is 24.4 Å². The van der Waals surface area contributed by atoms with Gasteiger partial charge in [0.1, 0.15) is 0 Å². The number of rotatable bonds is 4. The molecule has 0 aliphatic heterocycles. The van der Waals surface area contributed by atoms with Crippen LogP contribution in [0.3, 0.4) is 0 Å². The molecule has 3 aromatic rings. The summed E-state index contributed by atoms with van der Waals surface area (Å²) < 4.78 is 0. The summed E-state index contributed by atoms with van der Waals surface area (Å²) >= 11 is 1.35. The standard InChI is InChI=1S/C15H15N5O2S/c1-9-11-6-10(7-16-14(11)19-18-9)17-13(21)8-20(2)15(22)12-4-3-5-23-12/h3-7H,8H2,1-2H3,(H,17,21)(H,16,18,19). The van der Waals surface area contributed by atoms with E-state index < -0.39 is 0 Å². The second-order valence-corrected chi connectivity index (χ2v) is 6.08. The first kappa shape index (κ1) is 15.2. The van der Waals surface area contributed by atoms with E-state index in [1.807, 2.05) is 12.3 Å². The van der Waals surface area contributed by atoms with Gasteiger partial charge in [-0.15, -0.1) is 11.3 Å². The average molecular weight is 329 g/mol. The Bertz CT molecular complexity index is 856. The van der Waals surface area contributed by atoms with Crippen molar-refractivity contribution in [2.75, 3.05) is 18.9 Å². The molecular formula is C15H15N5O2S. The molecular weight excluding hydrogens is 314 g/mol. The van der Waals surface area contributed by atoms with Gasteiger partial charge in [0.25, 0.3) is 5.91 Å². The molecule has 0 aliphatic rings. The van der Waals surface area contributed by atoms with Gasteiger partial charge in [0, 0.05) is 18.1 Å². The van der Waals surface area contributed by atoms with E-state index >= 15 is 0 Å². The number of carbonyl (C=O) groups is 2. The van der Waals surface area contributed by atoms with Crippen molar-refractivity contribution in [3.63, 3.8) is 0 Å². The minimum atomic E-state index is -0.278. The lowest BCUT2D eigenvalue weighted by atomic mass is 10.2. The van der Waals surface area contributed by atoms with Gasteiger partial charge in [-0.25, -0.2) is 4.98 Å². The highest BCUT2D eigenvalue weighted by molar-refractivity contribution is 7.12. The maximum atomic E-state index is 12.1. The number of H-pyrrole nitrogens is 1. The van der Waals surface area contributed by atoms with Crippen LogP contribution in [0.5, 0.6) is 0 Å². The Morgan fingerprint density at radius 1 is 1.43 bits per heavy atom. The lowest BCUT2D eigenvalue weighted by Gasteiger charge is -2.15. The van der Waals surface area contributed by atoms with Gasteiger partial charge in [-0.3, -0.25) is 14.7 Å². The Labute approximate surface area is 136 Å². The normalized spacial score (nSPS) is 10.7. The average Bonchev–Trinajstić information content (AvgIpc) is 3.17. The highest BCUT2D eigenvalue weighted by atomic mass is 32.1. The highest BCUT2D eigenvalue weighted by Gasteiger charge is 2.16. The third-order valence-corrected chi connectivity index (χ3v) is 4.20. The van der Waals surface area contributed by atoms with Crippen molar-refractivity contribution in [2.45, 2.75) is 6.92 Å². The van der Waals surface area contributed by atoms with E-state index in [1.54, 1.807) is 31.4 Å². The molecule has 0 radical (unpaired) electrons. The molecule has 0 aromatic carbocycles. The number of hydrogen-bond donors (Lipinski definition) is 2. The quantitative estimate of drug-likeness (QED) is 0.766. The molecule has 0 spiro atoms. The molecule has 0 atom stereocenters. The lowest BCUT2D eigenvalue weighted by molar-refractivity contribution is -0.116. The Morgan fingerprint density at radius 3 is 3.00 bits per heavy atom. The van der Waals surface area contributed by atoms with Crippen molar-refractivity contribution in [1.29, 1.82) is 0 Å². The molecule has 3 aromatic heterocycles. The van der Waals surface area contributed by atoms with E-state index in [-0.39, 0.29) is 18.4 Å². The maximum Gasteiger partial charge on any atom is 0.264 e. The number of hydrogen-bond acceptors (Lipinski definition) is 5. The number of fused-ring (bicyclic) bond motifs is 1. The summed E-state index contributed by atoms with van der Waals surface area (Å²) in [6.45, 7) is 1.86. The van der Waals surface area contributed by atoms with Gasteiger partial charge in [0.05, 0.1) is 23.3 Å². The summed E-state index contributed by atoms with van der Waals surface area (Å²) in [5, 5.41) is 12.3. The molecule has 0 bridgehead atoms. The number of nitrogens with zero attached hydrogens (tertiary/aromatic N) is 3. The number of nitrogens with one attached hydrogen (secondary N) is 2. The number of carbonyl (C=O) groups excluding carboxylic acids is 2.